The number of ether oxygens (including phenoxy) is 1. The first kappa shape index (κ1) is 16.2. The number of rotatable bonds is 3. The molecule has 4 nitrogen and oxygen atoms in total. The zero-order valence-electron chi connectivity index (χ0n) is 13.5. The lowest BCUT2D eigenvalue weighted by molar-refractivity contribution is 0.0771. The fraction of sp³-hybridized carbons (Fsp3) is 0.611. The number of likely N-dealkylation sites (tertiary alicyclic amines) is 1. The highest BCUT2D eigenvalue weighted by Crippen LogP contribution is 2.22. The molecule has 2 saturated heterocycles. The maximum Gasteiger partial charge on any atom is 0.317 e. The van der Waals surface area contributed by atoms with E-state index in [2.05, 4.69) is 5.32 Å². The Labute approximate surface area is 137 Å². The Morgan fingerprint density at radius 1 is 1.13 bits per heavy atom. The number of carbonyl (C=O) groups excluding carboxylic acids is 1. The molecule has 126 valence electrons. The molecule has 3 rings (SSSR count). The normalized spacial score (nSPS) is 20.5. The molecule has 1 aromatic carbocycles. The van der Waals surface area contributed by atoms with Gasteiger partial charge in [-0.2, -0.15) is 0 Å². The molecule has 2 fully saturated rings. The summed E-state index contributed by atoms with van der Waals surface area (Å²) in [4.78, 5) is 14.2. The molecule has 23 heavy (non-hydrogen) atoms. The van der Waals surface area contributed by atoms with Crippen molar-refractivity contribution in [3.63, 3.8) is 0 Å². The van der Waals surface area contributed by atoms with Crippen LogP contribution in [0, 0.1) is 11.7 Å². The van der Waals surface area contributed by atoms with Gasteiger partial charge in [-0.25, -0.2) is 9.18 Å². The van der Waals surface area contributed by atoms with Crippen LogP contribution in [0.25, 0.3) is 0 Å². The van der Waals surface area contributed by atoms with E-state index in [-0.39, 0.29) is 17.9 Å². The summed E-state index contributed by atoms with van der Waals surface area (Å²) in [7, 11) is 0. The third-order valence-corrected chi connectivity index (χ3v) is 4.89. The highest BCUT2D eigenvalue weighted by Gasteiger charge is 2.25. The summed E-state index contributed by atoms with van der Waals surface area (Å²) in [6.45, 7) is 3.09. The summed E-state index contributed by atoms with van der Waals surface area (Å²) in [6, 6.07) is 7.09. The van der Waals surface area contributed by atoms with Crippen LogP contribution in [-0.2, 0) is 11.2 Å². The van der Waals surface area contributed by atoms with Crippen LogP contribution >= 0.6 is 0 Å². The van der Waals surface area contributed by atoms with Gasteiger partial charge in [-0.1, -0.05) is 12.1 Å². The number of hydrogen-bond acceptors (Lipinski definition) is 2. The number of urea groups is 1. The van der Waals surface area contributed by atoms with Gasteiger partial charge in [0.2, 0.25) is 0 Å². The highest BCUT2D eigenvalue weighted by molar-refractivity contribution is 5.74. The van der Waals surface area contributed by atoms with Crippen LogP contribution in [0.5, 0.6) is 0 Å². The van der Waals surface area contributed by atoms with Crippen molar-refractivity contribution in [1.82, 2.24) is 10.2 Å². The first-order valence-corrected chi connectivity index (χ1v) is 8.58. The zero-order valence-corrected chi connectivity index (χ0v) is 13.5. The molecule has 0 atom stereocenters. The van der Waals surface area contributed by atoms with E-state index in [0.717, 1.165) is 58.4 Å². The molecule has 0 bridgehead atoms. The summed E-state index contributed by atoms with van der Waals surface area (Å²) in [6.07, 6.45) is 4.81. The lowest BCUT2D eigenvalue weighted by Crippen LogP contribution is -2.49. The van der Waals surface area contributed by atoms with Crippen molar-refractivity contribution in [2.45, 2.75) is 38.1 Å². The van der Waals surface area contributed by atoms with Crippen molar-refractivity contribution in [3.05, 3.63) is 35.6 Å². The minimum absolute atomic E-state index is 0.0668. The number of nitrogens with zero attached hydrogens (tertiary/aromatic N) is 1. The predicted octanol–water partition coefficient (Wildman–Crippen LogP) is 2.97. The average molecular weight is 320 g/mol. The fourth-order valence-electron chi connectivity index (χ4n) is 3.40. The fourth-order valence-corrected chi connectivity index (χ4v) is 3.40. The average Bonchev–Trinajstić information content (AvgIpc) is 2.58. The molecule has 0 unspecified atom stereocenters. The molecular weight excluding hydrogens is 295 g/mol. The van der Waals surface area contributed by atoms with E-state index in [1.54, 1.807) is 0 Å². The molecule has 2 heterocycles. The summed E-state index contributed by atoms with van der Waals surface area (Å²) < 4.78 is 18.3. The predicted molar refractivity (Wildman–Crippen MR) is 86.8 cm³/mol. The minimum atomic E-state index is -0.187. The van der Waals surface area contributed by atoms with Crippen LogP contribution in [0.2, 0.25) is 0 Å². The van der Waals surface area contributed by atoms with Crippen LogP contribution in [0.1, 0.15) is 31.2 Å². The molecular formula is C18H25FN2O2. The van der Waals surface area contributed by atoms with Crippen molar-refractivity contribution in [1.29, 1.82) is 0 Å². The van der Waals surface area contributed by atoms with E-state index < -0.39 is 0 Å². The van der Waals surface area contributed by atoms with Crippen molar-refractivity contribution in [3.8, 4) is 0 Å². The van der Waals surface area contributed by atoms with E-state index in [4.69, 9.17) is 4.74 Å². The van der Waals surface area contributed by atoms with Crippen molar-refractivity contribution in [2.75, 3.05) is 26.3 Å². The molecule has 1 N–H and O–H groups in total. The smallest absolute Gasteiger partial charge is 0.317 e. The largest absolute Gasteiger partial charge is 0.381 e. The minimum Gasteiger partial charge on any atom is -0.381 e. The third kappa shape index (κ3) is 4.67. The van der Waals surface area contributed by atoms with E-state index in [1.807, 2.05) is 17.0 Å². The monoisotopic (exact) mass is 320 g/mol. The number of piperidine rings is 1. The third-order valence-electron chi connectivity index (χ3n) is 4.89. The maximum atomic E-state index is 12.9. The number of carbonyl (C=O) groups is 1. The summed E-state index contributed by atoms with van der Waals surface area (Å²) in [5.74, 6) is 0.390. The number of halogens is 1. The Kier molecular flexibility index (Phi) is 5.49. The van der Waals surface area contributed by atoms with Gasteiger partial charge < -0.3 is 15.0 Å². The quantitative estimate of drug-likeness (QED) is 0.930. The molecule has 0 aromatic heterocycles. The van der Waals surface area contributed by atoms with Crippen LogP contribution in [0.3, 0.4) is 0 Å². The van der Waals surface area contributed by atoms with Crippen molar-refractivity contribution >= 4 is 6.03 Å². The Morgan fingerprint density at radius 2 is 1.78 bits per heavy atom. The molecule has 5 heteroatoms. The molecule has 0 spiro atoms. The standard InChI is InChI=1S/C18H25FN2O2/c19-16-3-1-14(2-4-16)13-15-5-9-21(10-6-15)18(22)20-17-7-11-23-12-8-17/h1-4,15,17H,5-13H2,(H,20,22). The Hall–Kier alpha value is -1.62. The van der Waals surface area contributed by atoms with Gasteiger partial charge >= 0.3 is 6.03 Å². The first-order chi connectivity index (χ1) is 11.2. The lowest BCUT2D eigenvalue weighted by Gasteiger charge is -2.34. The summed E-state index contributed by atoms with van der Waals surface area (Å²) in [5.41, 5.74) is 1.18. The molecule has 2 aliphatic heterocycles. The summed E-state index contributed by atoms with van der Waals surface area (Å²) in [5, 5.41) is 3.12. The number of benzene rings is 1. The molecule has 0 saturated carbocycles. The zero-order chi connectivity index (χ0) is 16.1. The Balaban J connectivity index is 1.42. The van der Waals surface area contributed by atoms with Crippen molar-refractivity contribution < 1.29 is 13.9 Å². The van der Waals surface area contributed by atoms with Crippen LogP contribution in [-0.4, -0.2) is 43.3 Å². The molecule has 2 amide bonds. The van der Waals surface area contributed by atoms with Gasteiger partial charge in [-0.05, 0) is 55.7 Å². The molecule has 1 aromatic rings. The molecule has 0 aliphatic carbocycles. The first-order valence-electron chi connectivity index (χ1n) is 8.58. The van der Waals surface area contributed by atoms with Gasteiger partial charge in [-0.15, -0.1) is 0 Å². The van der Waals surface area contributed by atoms with Crippen LogP contribution < -0.4 is 5.32 Å². The van der Waals surface area contributed by atoms with Gasteiger partial charge in [0.05, 0.1) is 0 Å². The second-order valence-corrected chi connectivity index (χ2v) is 6.60. The van der Waals surface area contributed by atoms with Crippen molar-refractivity contribution in [2.24, 2.45) is 5.92 Å². The van der Waals surface area contributed by atoms with Crippen LogP contribution in [0.15, 0.2) is 24.3 Å². The maximum absolute atomic E-state index is 12.9. The number of amides is 2. The summed E-state index contributed by atoms with van der Waals surface area (Å²) >= 11 is 0. The highest BCUT2D eigenvalue weighted by atomic mass is 19.1. The SMILES string of the molecule is O=C(NC1CCOCC1)N1CCC(Cc2ccc(F)cc2)CC1. The second-order valence-electron chi connectivity index (χ2n) is 6.60. The number of hydrogen-bond donors (Lipinski definition) is 1. The topological polar surface area (TPSA) is 41.6 Å². The van der Waals surface area contributed by atoms with E-state index in [9.17, 15) is 9.18 Å². The van der Waals surface area contributed by atoms with E-state index >= 15 is 0 Å². The van der Waals surface area contributed by atoms with Gasteiger partial charge in [0.1, 0.15) is 5.82 Å². The van der Waals surface area contributed by atoms with Gasteiger partial charge in [0.25, 0.3) is 0 Å². The van der Waals surface area contributed by atoms with E-state index in [0.29, 0.717) is 5.92 Å². The van der Waals surface area contributed by atoms with Gasteiger partial charge in [-0.3, -0.25) is 0 Å². The molecule has 0 radical (unpaired) electrons. The second kappa shape index (κ2) is 7.77. The Bertz CT molecular complexity index is 506. The van der Waals surface area contributed by atoms with Gasteiger partial charge in [0.15, 0.2) is 0 Å². The van der Waals surface area contributed by atoms with Crippen LogP contribution in [0.4, 0.5) is 9.18 Å². The Morgan fingerprint density at radius 3 is 2.43 bits per heavy atom. The van der Waals surface area contributed by atoms with E-state index in [1.165, 1.54) is 17.7 Å². The molecule has 2 aliphatic rings. The van der Waals surface area contributed by atoms with Gasteiger partial charge in [0, 0.05) is 32.3 Å². The number of nitrogens with one attached hydrogen (secondary N) is 1. The lowest BCUT2D eigenvalue weighted by atomic mass is 9.90.